The van der Waals surface area contributed by atoms with Crippen molar-refractivity contribution in [3.8, 4) is 22.9 Å². The lowest BCUT2D eigenvalue weighted by Crippen LogP contribution is -2.47. The first-order chi connectivity index (χ1) is 66.5. The molecule has 0 atom stereocenters. The van der Waals surface area contributed by atoms with Crippen LogP contribution in [0, 0.1) is 67.2 Å². The van der Waals surface area contributed by atoms with Crippen LogP contribution in [0.25, 0.3) is 121 Å². The highest BCUT2D eigenvalue weighted by Gasteiger charge is 2.57. The number of pyridine rings is 4. The Morgan fingerprint density at radius 2 is 0.686 bits per heavy atom. The van der Waals surface area contributed by atoms with E-state index in [0.717, 1.165) is 30.0 Å². The predicted molar refractivity (Wildman–Crippen MR) is 589 cm³/mol. The van der Waals surface area contributed by atoms with Crippen LogP contribution in [0.15, 0.2) is 279 Å². The number of imidazole rings is 4. The summed E-state index contributed by atoms with van der Waals surface area (Å²) >= 11 is 0. The van der Waals surface area contributed by atoms with Gasteiger partial charge >= 0.3 is 5.88 Å². The van der Waals surface area contributed by atoms with Crippen LogP contribution in [0.3, 0.4) is 0 Å². The average Bonchev–Trinajstić information content (AvgIpc) is 1.49. The molecule has 0 spiro atoms. The molecular formula is C131H142N8O+4. The van der Waals surface area contributed by atoms with Gasteiger partial charge in [0, 0.05) is 81.4 Å². The standard InChI is InChI=1S/C41H47N2.C33H37N2.C30H31N2O.C27H27N2/c1-26(2)24-30-18-15-19-31(25-27(3)4)37(30)38-39(41(7,8)34-22-12-10-16-28(34)5)42(9)40-36-29(6)17-14-21-33(36)32-20-11-13-23-35(32)43(38)40;1-20-14-10-11-18-24(20)31(3,4)28-29-33(7,8)32(5,6)25-19-13-17-23-22-16-12-15-21(2)26(22)30(34(28)9)35(29)27(23)25;1-18-12-8-9-17-23(18)33-28-26-30(5,6)29(3,4)22-16-11-15-21-20-14-10-13-19(2)24(20)27(31(28)7)32(26)25(21)22;1-18-11-6-8-15-22(18)27(3,4)24-17-29-23-16-9-7-13-20(23)21-14-10-12-19(2)25(21)26(29)28(24)5/h10-23,26-27H,24-25H2,1-9H3;10-19H,1-9H3;8-17H,1-7H3;6-17H,1-5H3/q4*+1. The van der Waals surface area contributed by atoms with Crippen molar-refractivity contribution in [3.05, 3.63) is 391 Å². The molecule has 0 bridgehead atoms. The van der Waals surface area contributed by atoms with Crippen molar-refractivity contribution in [2.24, 2.45) is 40.0 Å². The topological polar surface area (TPSA) is 43.9 Å². The van der Waals surface area contributed by atoms with Crippen LogP contribution in [0.4, 0.5) is 0 Å². The molecule has 2 aliphatic heterocycles. The van der Waals surface area contributed by atoms with E-state index in [9.17, 15) is 0 Å². The summed E-state index contributed by atoms with van der Waals surface area (Å²) in [7, 11) is 8.97. The second-order valence-electron chi connectivity index (χ2n) is 45.7. The van der Waals surface area contributed by atoms with Crippen molar-refractivity contribution in [2.75, 3.05) is 0 Å². The van der Waals surface area contributed by atoms with Crippen LogP contribution in [0.2, 0.25) is 0 Å². The number of aryl methyl sites for hydroxylation is 12. The van der Waals surface area contributed by atoms with E-state index in [-0.39, 0.29) is 37.9 Å². The summed E-state index contributed by atoms with van der Waals surface area (Å²) in [5.41, 5.74) is 39.2. The summed E-state index contributed by atoms with van der Waals surface area (Å²) in [4.78, 5) is 0. The molecule has 0 N–H and O–H groups in total. The smallest absolute Gasteiger partial charge is 0.334 e. The fourth-order valence-electron chi connectivity index (χ4n) is 25.9. The quantitative estimate of drug-likeness (QED) is 0.0838. The molecule has 21 aromatic rings. The minimum atomic E-state index is -0.252. The van der Waals surface area contributed by atoms with Gasteiger partial charge in [-0.3, -0.25) is 0 Å². The second-order valence-corrected chi connectivity index (χ2v) is 45.7. The van der Waals surface area contributed by atoms with Gasteiger partial charge in [-0.1, -0.05) is 338 Å². The maximum Gasteiger partial charge on any atom is 0.334 e. The molecule has 0 amide bonds. The molecule has 0 fully saturated rings. The molecule has 2 aliphatic rings. The Bertz CT molecular complexity index is 8680. The first kappa shape index (κ1) is 94.1. The molecule has 0 saturated carbocycles. The van der Waals surface area contributed by atoms with E-state index in [1.165, 1.54) is 227 Å². The molecular weight excluding hydrogens is 1700 g/mol. The van der Waals surface area contributed by atoms with Gasteiger partial charge in [-0.25, -0.2) is 13.7 Å². The van der Waals surface area contributed by atoms with Crippen LogP contribution < -0.4 is 22.7 Å². The van der Waals surface area contributed by atoms with E-state index in [1.54, 1.807) is 0 Å². The van der Waals surface area contributed by atoms with Crippen LogP contribution in [-0.2, 0) is 78.9 Å². The molecule has 8 aromatic heterocycles. The normalized spacial score (nSPS) is 14.3. The molecule has 10 heterocycles. The van der Waals surface area contributed by atoms with Gasteiger partial charge in [-0.2, -0.15) is 22.2 Å². The lowest BCUT2D eigenvalue weighted by molar-refractivity contribution is -0.654. The van der Waals surface area contributed by atoms with E-state index < -0.39 is 0 Å². The minimum Gasteiger partial charge on any atom is -0.420 e. The zero-order valence-electron chi connectivity index (χ0n) is 88.6. The maximum atomic E-state index is 6.79. The molecule has 9 heteroatoms. The lowest BCUT2D eigenvalue weighted by Gasteiger charge is -2.44. The number of aromatic nitrogens is 8. The first-order valence-corrected chi connectivity index (χ1v) is 51.0. The van der Waals surface area contributed by atoms with Crippen molar-refractivity contribution in [2.45, 2.75) is 231 Å². The highest BCUT2D eigenvalue weighted by atomic mass is 16.5. The molecule has 9 nitrogen and oxygen atoms in total. The first-order valence-electron chi connectivity index (χ1n) is 51.0. The summed E-state index contributed by atoms with van der Waals surface area (Å²) in [5, 5.41) is 15.9. The largest absolute Gasteiger partial charge is 0.420 e. The average molecular weight is 1840 g/mol. The Labute approximate surface area is 829 Å². The molecule has 0 radical (unpaired) electrons. The number of nitrogens with zero attached hydrogens (tertiary/aromatic N) is 8. The third-order valence-electron chi connectivity index (χ3n) is 34.0. The Balaban J connectivity index is 0.000000116. The Morgan fingerprint density at radius 1 is 0.329 bits per heavy atom. The van der Waals surface area contributed by atoms with Crippen molar-refractivity contribution in [1.82, 2.24) is 17.9 Å². The Hall–Kier alpha value is -13.5. The number of hydrogen-bond donors (Lipinski definition) is 0. The number of para-hydroxylation sites is 5. The molecule has 0 unspecified atom stereocenters. The highest BCUT2D eigenvalue weighted by Crippen LogP contribution is 2.57. The Kier molecular flexibility index (Phi) is 22.8. The monoisotopic (exact) mass is 1840 g/mol. The SMILES string of the molecule is Cc1ccccc1C(C)(C)c1c(-c2c(CC(C)C)cccc2CC(C)C)[n+]2c3ccccc3c3cccc(C)c3c2n1C.Cc1ccccc1C(C)(C)c1c2n3c4c(cccc4c4cccc(C)c4c3[n+]1C)C(C)(C)C2(C)C.Cc1ccccc1C(C)(C)c1c[n+]2c3ccccc3c3cccc(C)c3c2n1C.Cc1ccccc1Oc1c2n3c4c(cccc4c4cccc(C)c4c3[n+]1C)C(C)(C)C2(C)C. The summed E-state index contributed by atoms with van der Waals surface area (Å²) < 4.78 is 26.7. The number of ether oxygens (including phenoxy) is 1. The molecule has 708 valence electrons. The van der Waals surface area contributed by atoms with E-state index in [4.69, 9.17) is 4.74 Å². The number of rotatable bonds is 13. The maximum absolute atomic E-state index is 6.79. The summed E-state index contributed by atoms with van der Waals surface area (Å²) in [5.74, 6) is 2.94. The Morgan fingerprint density at radius 3 is 1.16 bits per heavy atom. The fraction of sp³-hybridized carbons (Fsp3) is 0.313. The van der Waals surface area contributed by atoms with Crippen molar-refractivity contribution in [1.29, 1.82) is 0 Å². The summed E-state index contributed by atoms with van der Waals surface area (Å²) in [6.07, 6.45) is 4.44. The van der Waals surface area contributed by atoms with Gasteiger partial charge in [0.05, 0.1) is 66.0 Å². The van der Waals surface area contributed by atoms with Crippen LogP contribution in [0.1, 0.15) is 237 Å². The zero-order valence-corrected chi connectivity index (χ0v) is 88.6. The van der Waals surface area contributed by atoms with E-state index in [0.29, 0.717) is 11.8 Å². The zero-order chi connectivity index (χ0) is 99.3. The fourth-order valence-corrected chi connectivity index (χ4v) is 25.9. The number of fused-ring (bicyclic) bond motifs is 18. The molecule has 23 rings (SSSR count). The molecule has 13 aromatic carbocycles. The van der Waals surface area contributed by atoms with Gasteiger partial charge in [0.2, 0.25) is 5.69 Å². The van der Waals surface area contributed by atoms with Gasteiger partial charge in [-0.05, 0) is 212 Å². The molecule has 140 heavy (non-hydrogen) atoms. The minimum absolute atomic E-state index is 0.0329. The van der Waals surface area contributed by atoms with Crippen molar-refractivity contribution in [3.63, 3.8) is 0 Å². The van der Waals surface area contributed by atoms with Gasteiger partial charge < -0.3 is 4.74 Å². The van der Waals surface area contributed by atoms with Gasteiger partial charge in [-0.15, -0.1) is 0 Å². The third kappa shape index (κ3) is 14.0. The summed E-state index contributed by atoms with van der Waals surface area (Å²) in [6, 6.07) is 100. The van der Waals surface area contributed by atoms with Gasteiger partial charge in [0.15, 0.2) is 28.5 Å². The predicted octanol–water partition coefficient (Wildman–Crippen LogP) is 30.7. The highest BCUT2D eigenvalue weighted by molar-refractivity contribution is 6.16. The number of hydrogen-bond acceptors (Lipinski definition) is 1. The van der Waals surface area contributed by atoms with Crippen molar-refractivity contribution < 1.29 is 22.7 Å². The summed E-state index contributed by atoms with van der Waals surface area (Å²) in [6.45, 7) is 60.8. The molecule has 0 aliphatic carbocycles. The van der Waals surface area contributed by atoms with Crippen LogP contribution >= 0.6 is 0 Å². The van der Waals surface area contributed by atoms with E-state index in [1.807, 2.05) is 6.07 Å². The third-order valence-corrected chi connectivity index (χ3v) is 34.0. The lowest BCUT2D eigenvalue weighted by atomic mass is 9.59. The second kappa shape index (κ2) is 33.9. The number of benzene rings is 13. The van der Waals surface area contributed by atoms with Crippen molar-refractivity contribution >= 4 is 109 Å². The van der Waals surface area contributed by atoms with Crippen LogP contribution in [0.5, 0.6) is 11.6 Å². The van der Waals surface area contributed by atoms with E-state index >= 15 is 0 Å². The van der Waals surface area contributed by atoms with Gasteiger partial charge in [0.25, 0.3) is 22.6 Å². The van der Waals surface area contributed by atoms with Gasteiger partial charge in [0.1, 0.15) is 34.0 Å². The van der Waals surface area contributed by atoms with Crippen LogP contribution in [-0.4, -0.2) is 17.9 Å². The molecule has 0 saturated heterocycles. The van der Waals surface area contributed by atoms with E-state index in [2.05, 4.69) is 517 Å².